The van der Waals surface area contributed by atoms with Crippen molar-refractivity contribution in [2.45, 2.75) is 32.2 Å². The fraction of sp³-hybridized carbons (Fsp3) is 0.250. The maximum Gasteiger partial charge on any atom is 0.264 e. The number of rotatable bonds is 3. The summed E-state index contributed by atoms with van der Waals surface area (Å²) in [6, 6.07) is 11.0. The molecule has 0 atom stereocenters. The largest absolute Gasteiger partial charge is 0.365 e. The molecule has 0 saturated carbocycles. The van der Waals surface area contributed by atoms with Gasteiger partial charge in [0.25, 0.3) is 10.0 Å². The van der Waals surface area contributed by atoms with Gasteiger partial charge >= 0.3 is 0 Å². The number of aromatic nitrogens is 1. The van der Waals surface area contributed by atoms with Crippen LogP contribution in [0.4, 0.5) is 10.8 Å². The van der Waals surface area contributed by atoms with Gasteiger partial charge in [-0.15, -0.1) is 0 Å². The standard InChI is InChI=1S/C20H21N3O2S2/c1-12-5-7-15(8-6-12)27(24,25)23-11-18-19(22-20(21-4)26-18)16-9-13(2)14(3)10-17(16)23/h5-10H,11H2,1-4H3,(H,21,22). The third-order valence-corrected chi connectivity index (χ3v) is 7.77. The van der Waals surface area contributed by atoms with E-state index >= 15 is 0 Å². The van der Waals surface area contributed by atoms with Gasteiger partial charge in [0.2, 0.25) is 0 Å². The van der Waals surface area contributed by atoms with Gasteiger partial charge in [-0.25, -0.2) is 13.4 Å². The number of hydrogen-bond donors (Lipinski definition) is 1. The molecule has 0 aliphatic carbocycles. The molecule has 0 spiro atoms. The number of nitrogens with one attached hydrogen (secondary N) is 1. The third-order valence-electron chi connectivity index (χ3n) is 4.94. The Kier molecular flexibility index (Phi) is 4.24. The summed E-state index contributed by atoms with van der Waals surface area (Å²) in [5, 5.41) is 3.86. The Balaban J connectivity index is 1.93. The van der Waals surface area contributed by atoms with Crippen LogP contribution in [-0.2, 0) is 16.6 Å². The molecule has 0 saturated heterocycles. The minimum absolute atomic E-state index is 0.292. The first-order chi connectivity index (χ1) is 12.8. The highest BCUT2D eigenvalue weighted by atomic mass is 32.2. The minimum atomic E-state index is -3.67. The van der Waals surface area contributed by atoms with Crippen molar-refractivity contribution >= 4 is 32.2 Å². The lowest BCUT2D eigenvalue weighted by atomic mass is 9.99. The number of anilines is 2. The molecule has 1 aliphatic heterocycles. The van der Waals surface area contributed by atoms with E-state index in [0.29, 0.717) is 17.1 Å². The molecule has 140 valence electrons. The normalized spacial score (nSPS) is 13.3. The first kappa shape index (κ1) is 18.0. The molecule has 3 aromatic rings. The van der Waals surface area contributed by atoms with Crippen LogP contribution in [0.2, 0.25) is 0 Å². The van der Waals surface area contributed by atoms with Gasteiger partial charge in [-0.1, -0.05) is 29.0 Å². The van der Waals surface area contributed by atoms with Gasteiger partial charge < -0.3 is 5.32 Å². The first-order valence-electron chi connectivity index (χ1n) is 8.69. The lowest BCUT2D eigenvalue weighted by Gasteiger charge is -2.30. The molecule has 1 aliphatic rings. The summed E-state index contributed by atoms with van der Waals surface area (Å²) < 4.78 is 28.4. The second-order valence-electron chi connectivity index (χ2n) is 6.82. The van der Waals surface area contributed by atoms with Crippen LogP contribution < -0.4 is 9.62 Å². The SMILES string of the molecule is CNc1nc2c(s1)CN(S(=O)(=O)c1ccc(C)cc1)c1cc(C)c(C)cc1-2. The van der Waals surface area contributed by atoms with Gasteiger partial charge in [0.05, 0.1) is 27.7 Å². The summed E-state index contributed by atoms with van der Waals surface area (Å²) in [5.41, 5.74) is 5.64. The molecule has 5 nitrogen and oxygen atoms in total. The van der Waals surface area contributed by atoms with Crippen molar-refractivity contribution in [3.63, 3.8) is 0 Å². The number of nitrogens with zero attached hydrogens (tertiary/aromatic N) is 2. The minimum Gasteiger partial charge on any atom is -0.365 e. The highest BCUT2D eigenvalue weighted by molar-refractivity contribution is 7.92. The van der Waals surface area contributed by atoms with Crippen LogP contribution in [0, 0.1) is 20.8 Å². The summed E-state index contributed by atoms with van der Waals surface area (Å²) in [7, 11) is -1.84. The molecule has 7 heteroatoms. The van der Waals surface area contributed by atoms with Gasteiger partial charge in [0.1, 0.15) is 0 Å². The van der Waals surface area contributed by atoms with Crippen LogP contribution in [0.15, 0.2) is 41.3 Å². The lowest BCUT2D eigenvalue weighted by Crippen LogP contribution is -2.33. The van der Waals surface area contributed by atoms with E-state index in [-0.39, 0.29) is 0 Å². The summed E-state index contributed by atoms with van der Waals surface area (Å²) in [4.78, 5) is 5.92. The van der Waals surface area contributed by atoms with Gasteiger partial charge in [-0.2, -0.15) is 0 Å². The summed E-state index contributed by atoms with van der Waals surface area (Å²) in [5.74, 6) is 0. The highest BCUT2D eigenvalue weighted by Gasteiger charge is 2.34. The fourth-order valence-electron chi connectivity index (χ4n) is 3.24. The van der Waals surface area contributed by atoms with Crippen LogP contribution in [0.1, 0.15) is 21.6 Å². The van der Waals surface area contributed by atoms with Crippen LogP contribution >= 0.6 is 11.3 Å². The smallest absolute Gasteiger partial charge is 0.264 e. The van der Waals surface area contributed by atoms with Crippen molar-refractivity contribution in [3.05, 3.63) is 58.0 Å². The number of benzene rings is 2. The topological polar surface area (TPSA) is 62.3 Å². The van der Waals surface area contributed by atoms with Crippen molar-refractivity contribution < 1.29 is 8.42 Å². The number of fused-ring (bicyclic) bond motifs is 3. The van der Waals surface area contributed by atoms with E-state index in [2.05, 4.69) is 10.3 Å². The van der Waals surface area contributed by atoms with Crippen LogP contribution in [0.5, 0.6) is 0 Å². The van der Waals surface area contributed by atoms with E-state index < -0.39 is 10.0 Å². The molecule has 0 fully saturated rings. The van der Waals surface area contributed by atoms with E-state index in [9.17, 15) is 8.42 Å². The maximum atomic E-state index is 13.4. The molecule has 4 rings (SSSR count). The molecular formula is C20H21N3O2S2. The average molecular weight is 400 g/mol. The van der Waals surface area contributed by atoms with Gasteiger partial charge in [-0.3, -0.25) is 4.31 Å². The van der Waals surface area contributed by atoms with E-state index in [4.69, 9.17) is 0 Å². The molecule has 0 amide bonds. The fourth-order valence-corrected chi connectivity index (χ4v) is 5.68. The third kappa shape index (κ3) is 2.91. The second kappa shape index (κ2) is 6.35. The Hall–Kier alpha value is -2.38. The molecule has 1 N–H and O–H groups in total. The van der Waals surface area contributed by atoms with Crippen LogP contribution in [0.25, 0.3) is 11.3 Å². The molecule has 1 aromatic heterocycles. The number of aryl methyl sites for hydroxylation is 3. The second-order valence-corrected chi connectivity index (χ2v) is 9.77. The maximum absolute atomic E-state index is 13.4. The predicted octanol–water partition coefficient (Wildman–Crippen LogP) is 4.49. The number of thiazole rings is 1. The Bertz CT molecular complexity index is 1130. The van der Waals surface area contributed by atoms with Crippen molar-refractivity contribution in [3.8, 4) is 11.3 Å². The average Bonchev–Trinajstić information content (AvgIpc) is 3.06. The van der Waals surface area contributed by atoms with Crippen LogP contribution in [0.3, 0.4) is 0 Å². The predicted molar refractivity (Wildman–Crippen MR) is 111 cm³/mol. The molecule has 0 radical (unpaired) electrons. The number of sulfonamides is 1. The van der Waals surface area contributed by atoms with Crippen molar-refractivity contribution in [2.75, 3.05) is 16.7 Å². The van der Waals surface area contributed by atoms with Gasteiger partial charge in [0, 0.05) is 12.6 Å². The summed E-state index contributed by atoms with van der Waals surface area (Å²) in [6.07, 6.45) is 0. The van der Waals surface area contributed by atoms with E-state index in [0.717, 1.165) is 38.0 Å². The zero-order chi connectivity index (χ0) is 19.3. The Morgan fingerprint density at radius 3 is 2.41 bits per heavy atom. The quantitative estimate of drug-likeness (QED) is 0.705. The Morgan fingerprint density at radius 2 is 1.74 bits per heavy atom. The molecule has 2 heterocycles. The Labute approximate surface area is 163 Å². The van der Waals surface area contributed by atoms with Gasteiger partial charge in [-0.05, 0) is 56.2 Å². The first-order valence-corrected chi connectivity index (χ1v) is 11.0. The lowest BCUT2D eigenvalue weighted by molar-refractivity contribution is 0.590. The molecule has 0 bridgehead atoms. The van der Waals surface area contributed by atoms with E-state index in [1.54, 1.807) is 12.1 Å². The monoisotopic (exact) mass is 399 g/mol. The highest BCUT2D eigenvalue weighted by Crippen LogP contribution is 2.45. The van der Waals surface area contributed by atoms with Crippen LogP contribution in [-0.4, -0.2) is 20.4 Å². The molecule has 0 unspecified atom stereocenters. The van der Waals surface area contributed by atoms with Gasteiger partial charge in [0.15, 0.2) is 5.13 Å². The number of hydrogen-bond acceptors (Lipinski definition) is 5. The van der Waals surface area contributed by atoms with Crippen molar-refractivity contribution in [2.24, 2.45) is 0 Å². The molecule has 2 aromatic carbocycles. The molecular weight excluding hydrogens is 378 g/mol. The van der Waals surface area contributed by atoms with E-state index in [1.807, 2.05) is 52.1 Å². The zero-order valence-electron chi connectivity index (χ0n) is 15.7. The zero-order valence-corrected chi connectivity index (χ0v) is 17.3. The summed E-state index contributed by atoms with van der Waals surface area (Å²) >= 11 is 1.50. The van der Waals surface area contributed by atoms with Crippen molar-refractivity contribution in [1.29, 1.82) is 0 Å². The Morgan fingerprint density at radius 1 is 1.07 bits per heavy atom. The summed E-state index contributed by atoms with van der Waals surface area (Å²) in [6.45, 7) is 6.28. The molecule has 27 heavy (non-hydrogen) atoms. The van der Waals surface area contributed by atoms with E-state index in [1.165, 1.54) is 15.6 Å². The van der Waals surface area contributed by atoms with Crippen molar-refractivity contribution in [1.82, 2.24) is 4.98 Å².